The Bertz CT molecular complexity index is 347. The molecule has 1 amide bonds. The molecule has 4 N–H and O–H groups in total. The van der Waals surface area contributed by atoms with Gasteiger partial charge in [0.15, 0.2) is 0 Å². The van der Waals surface area contributed by atoms with Gasteiger partial charge >= 0.3 is 5.97 Å². The maximum Gasteiger partial charge on any atom is 0.303 e. The van der Waals surface area contributed by atoms with Crippen molar-refractivity contribution in [2.75, 3.05) is 13.2 Å². The molecule has 1 saturated carbocycles. The number of aliphatic hydroxyl groups is 2. The third-order valence-electron chi connectivity index (χ3n) is 3.98. The van der Waals surface area contributed by atoms with Gasteiger partial charge in [-0.25, -0.2) is 0 Å². The largest absolute Gasteiger partial charge is 0.481 e. The van der Waals surface area contributed by atoms with E-state index in [4.69, 9.17) is 10.2 Å². The van der Waals surface area contributed by atoms with E-state index in [-0.39, 0.29) is 25.3 Å². The zero-order valence-electron chi connectivity index (χ0n) is 12.0. The van der Waals surface area contributed by atoms with Crippen LogP contribution in [0.4, 0.5) is 0 Å². The summed E-state index contributed by atoms with van der Waals surface area (Å²) in [6, 6.07) is 0. The number of carbonyl (C=O) groups is 2. The molecule has 1 aliphatic carbocycles. The lowest BCUT2D eigenvalue weighted by atomic mass is 9.69. The molecule has 0 saturated heterocycles. The molecular formula is C14H25NO5. The standard InChI is InChI=1S/C14H25NO5/c1-13(20,10-16)9-15-11(17)7-14(8-12(18)19)5-3-2-4-6-14/h16,20H,2-10H2,1H3,(H,15,17)(H,18,19). The van der Waals surface area contributed by atoms with Crippen molar-refractivity contribution >= 4 is 11.9 Å². The van der Waals surface area contributed by atoms with E-state index in [2.05, 4.69) is 5.32 Å². The molecule has 1 atom stereocenters. The Labute approximate surface area is 119 Å². The first-order chi connectivity index (χ1) is 9.29. The van der Waals surface area contributed by atoms with Crippen LogP contribution >= 0.6 is 0 Å². The van der Waals surface area contributed by atoms with Gasteiger partial charge in [-0.15, -0.1) is 0 Å². The smallest absolute Gasteiger partial charge is 0.303 e. The van der Waals surface area contributed by atoms with Crippen LogP contribution in [0, 0.1) is 5.41 Å². The van der Waals surface area contributed by atoms with Crippen LogP contribution in [-0.2, 0) is 9.59 Å². The fraction of sp³-hybridized carbons (Fsp3) is 0.857. The molecule has 0 radical (unpaired) electrons. The fourth-order valence-electron chi connectivity index (χ4n) is 2.79. The van der Waals surface area contributed by atoms with Crippen LogP contribution in [0.15, 0.2) is 0 Å². The second kappa shape index (κ2) is 7.04. The van der Waals surface area contributed by atoms with Gasteiger partial charge in [0.25, 0.3) is 0 Å². The molecule has 1 aliphatic rings. The van der Waals surface area contributed by atoms with Crippen LogP contribution in [0.2, 0.25) is 0 Å². The number of hydrogen-bond donors (Lipinski definition) is 4. The van der Waals surface area contributed by atoms with Crippen LogP contribution in [0.25, 0.3) is 0 Å². The maximum absolute atomic E-state index is 12.0. The van der Waals surface area contributed by atoms with E-state index in [1.54, 1.807) is 0 Å². The molecule has 0 aromatic rings. The van der Waals surface area contributed by atoms with Gasteiger partial charge in [0.05, 0.1) is 13.0 Å². The lowest BCUT2D eigenvalue weighted by Gasteiger charge is -2.35. The Hall–Kier alpha value is -1.14. The van der Waals surface area contributed by atoms with Crippen molar-refractivity contribution < 1.29 is 24.9 Å². The van der Waals surface area contributed by atoms with E-state index >= 15 is 0 Å². The minimum absolute atomic E-state index is 0.0107. The maximum atomic E-state index is 12.0. The summed E-state index contributed by atoms with van der Waals surface area (Å²) in [7, 11) is 0. The lowest BCUT2D eigenvalue weighted by Crippen LogP contribution is -2.44. The Morgan fingerprint density at radius 1 is 1.20 bits per heavy atom. The van der Waals surface area contributed by atoms with Crippen molar-refractivity contribution in [2.45, 2.75) is 57.5 Å². The third-order valence-corrected chi connectivity index (χ3v) is 3.98. The molecule has 20 heavy (non-hydrogen) atoms. The first kappa shape index (κ1) is 16.9. The number of carbonyl (C=O) groups excluding carboxylic acids is 1. The molecule has 1 rings (SSSR count). The van der Waals surface area contributed by atoms with Gasteiger partial charge in [-0.2, -0.15) is 0 Å². The van der Waals surface area contributed by atoms with Crippen LogP contribution in [0.1, 0.15) is 51.9 Å². The molecule has 1 unspecified atom stereocenters. The van der Waals surface area contributed by atoms with Crippen LogP contribution < -0.4 is 5.32 Å². The second-order valence-electron chi connectivity index (χ2n) is 6.24. The minimum atomic E-state index is -1.35. The highest BCUT2D eigenvalue weighted by Crippen LogP contribution is 2.42. The normalized spacial score (nSPS) is 20.9. The zero-order valence-corrected chi connectivity index (χ0v) is 12.0. The van der Waals surface area contributed by atoms with Gasteiger partial charge in [-0.05, 0) is 25.2 Å². The fourth-order valence-corrected chi connectivity index (χ4v) is 2.79. The molecule has 0 bridgehead atoms. The van der Waals surface area contributed by atoms with Crippen molar-refractivity contribution in [2.24, 2.45) is 5.41 Å². The number of rotatable bonds is 7. The summed E-state index contributed by atoms with van der Waals surface area (Å²) < 4.78 is 0. The van der Waals surface area contributed by atoms with Crippen LogP contribution in [-0.4, -0.2) is 45.9 Å². The summed E-state index contributed by atoms with van der Waals surface area (Å²) in [6.07, 6.45) is 4.68. The average Bonchev–Trinajstić information content (AvgIpc) is 2.36. The Kier molecular flexibility index (Phi) is 5.95. The van der Waals surface area contributed by atoms with Gasteiger partial charge < -0.3 is 20.6 Å². The Balaban J connectivity index is 2.56. The van der Waals surface area contributed by atoms with Gasteiger partial charge in [0, 0.05) is 13.0 Å². The SMILES string of the molecule is CC(O)(CO)CNC(=O)CC1(CC(=O)O)CCCCC1. The summed E-state index contributed by atoms with van der Waals surface area (Å²) in [5.74, 6) is -1.14. The molecule has 0 heterocycles. The summed E-state index contributed by atoms with van der Waals surface area (Å²) in [5, 5.41) is 30.2. The monoisotopic (exact) mass is 287 g/mol. The molecule has 0 aromatic carbocycles. The van der Waals surface area contributed by atoms with Gasteiger partial charge in [0.1, 0.15) is 5.60 Å². The number of aliphatic hydroxyl groups excluding tert-OH is 1. The van der Waals surface area contributed by atoms with Crippen molar-refractivity contribution in [3.05, 3.63) is 0 Å². The molecule has 0 aromatic heterocycles. The lowest BCUT2D eigenvalue weighted by molar-refractivity contribution is -0.141. The molecule has 0 aliphatic heterocycles. The van der Waals surface area contributed by atoms with Crippen molar-refractivity contribution in [1.29, 1.82) is 0 Å². The van der Waals surface area contributed by atoms with Gasteiger partial charge in [0.2, 0.25) is 5.91 Å². The second-order valence-corrected chi connectivity index (χ2v) is 6.24. The third kappa shape index (κ3) is 5.46. The number of nitrogens with one attached hydrogen (secondary N) is 1. The van der Waals surface area contributed by atoms with E-state index in [0.29, 0.717) is 0 Å². The first-order valence-corrected chi connectivity index (χ1v) is 7.10. The number of amides is 1. The number of hydrogen-bond acceptors (Lipinski definition) is 4. The number of carboxylic acids is 1. The molecule has 6 nitrogen and oxygen atoms in total. The summed E-state index contributed by atoms with van der Waals surface area (Å²) in [6.45, 7) is 0.958. The highest BCUT2D eigenvalue weighted by atomic mass is 16.4. The van der Waals surface area contributed by atoms with Crippen LogP contribution in [0.3, 0.4) is 0 Å². The Morgan fingerprint density at radius 2 is 1.80 bits per heavy atom. The van der Waals surface area contributed by atoms with E-state index in [1.165, 1.54) is 6.92 Å². The summed E-state index contributed by atoms with van der Waals surface area (Å²) >= 11 is 0. The van der Waals surface area contributed by atoms with Crippen molar-refractivity contribution in [3.63, 3.8) is 0 Å². The molecule has 6 heteroatoms. The zero-order chi connectivity index (χ0) is 15.2. The van der Waals surface area contributed by atoms with E-state index < -0.39 is 23.6 Å². The predicted molar refractivity (Wildman–Crippen MR) is 73.1 cm³/mol. The van der Waals surface area contributed by atoms with Crippen molar-refractivity contribution in [1.82, 2.24) is 5.32 Å². The van der Waals surface area contributed by atoms with Crippen molar-refractivity contribution in [3.8, 4) is 0 Å². The molecule has 0 spiro atoms. The van der Waals surface area contributed by atoms with E-state index in [0.717, 1.165) is 32.1 Å². The predicted octanol–water partition coefficient (Wildman–Crippen LogP) is 0.661. The minimum Gasteiger partial charge on any atom is -0.481 e. The number of carboxylic acid groups (broad SMARTS) is 1. The molecule has 1 fully saturated rings. The van der Waals surface area contributed by atoms with E-state index in [1.807, 2.05) is 0 Å². The summed E-state index contributed by atoms with van der Waals surface area (Å²) in [5.41, 5.74) is -1.80. The van der Waals surface area contributed by atoms with Gasteiger partial charge in [-0.1, -0.05) is 19.3 Å². The first-order valence-electron chi connectivity index (χ1n) is 7.10. The van der Waals surface area contributed by atoms with E-state index in [9.17, 15) is 14.7 Å². The average molecular weight is 287 g/mol. The highest BCUT2D eigenvalue weighted by Gasteiger charge is 2.36. The van der Waals surface area contributed by atoms with Crippen LogP contribution in [0.5, 0.6) is 0 Å². The Morgan fingerprint density at radius 3 is 2.30 bits per heavy atom. The topological polar surface area (TPSA) is 107 Å². The van der Waals surface area contributed by atoms with Gasteiger partial charge in [-0.3, -0.25) is 9.59 Å². The quantitative estimate of drug-likeness (QED) is 0.550. The highest BCUT2D eigenvalue weighted by molar-refractivity contribution is 5.78. The molecule has 116 valence electrons. The number of aliphatic carboxylic acids is 1. The summed E-state index contributed by atoms with van der Waals surface area (Å²) in [4.78, 5) is 23.0. The molecular weight excluding hydrogens is 262 g/mol.